The van der Waals surface area contributed by atoms with E-state index in [9.17, 15) is 4.79 Å². The van der Waals surface area contributed by atoms with Crippen LogP contribution < -0.4 is 10.6 Å². The largest absolute Gasteiger partial charge is 0.351 e. The van der Waals surface area contributed by atoms with Gasteiger partial charge >= 0.3 is 0 Å². The second kappa shape index (κ2) is 7.57. The molecule has 4 nitrogen and oxygen atoms in total. The Balaban J connectivity index is 1.71. The van der Waals surface area contributed by atoms with Crippen LogP contribution >= 0.6 is 0 Å². The lowest BCUT2D eigenvalue weighted by Crippen LogP contribution is -2.52. The number of carbonyl (C=O) groups excluding carboxylic acids is 1. The van der Waals surface area contributed by atoms with E-state index in [1.54, 1.807) is 0 Å². The van der Waals surface area contributed by atoms with Crippen LogP contribution in [0.3, 0.4) is 0 Å². The molecular formula is C17H27N3O. The predicted octanol–water partition coefficient (Wildman–Crippen LogP) is 1.62. The van der Waals surface area contributed by atoms with Crippen molar-refractivity contribution in [1.82, 2.24) is 15.5 Å². The Bertz CT molecular complexity index is 449. The Morgan fingerprint density at radius 1 is 1.29 bits per heavy atom. The molecule has 1 amide bonds. The quantitative estimate of drug-likeness (QED) is 0.866. The number of likely N-dealkylation sites (tertiary alicyclic amines) is 1. The molecular weight excluding hydrogens is 262 g/mol. The minimum atomic E-state index is 0.0673. The summed E-state index contributed by atoms with van der Waals surface area (Å²) in [4.78, 5) is 14.3. The molecule has 1 aromatic carbocycles. The van der Waals surface area contributed by atoms with Crippen molar-refractivity contribution in [2.45, 2.75) is 38.9 Å². The van der Waals surface area contributed by atoms with Crippen molar-refractivity contribution < 1.29 is 4.79 Å². The van der Waals surface area contributed by atoms with Crippen LogP contribution in [0.4, 0.5) is 0 Å². The smallest absolute Gasteiger partial charge is 0.234 e. The number of hydrogen-bond acceptors (Lipinski definition) is 3. The third kappa shape index (κ3) is 4.83. The number of hydrogen-bond donors (Lipinski definition) is 2. The van der Waals surface area contributed by atoms with Crippen LogP contribution in [0.2, 0.25) is 0 Å². The lowest BCUT2D eigenvalue weighted by molar-refractivity contribution is -0.120. The van der Waals surface area contributed by atoms with Gasteiger partial charge < -0.3 is 15.5 Å². The van der Waals surface area contributed by atoms with E-state index in [1.807, 2.05) is 30.3 Å². The molecule has 116 valence electrons. The van der Waals surface area contributed by atoms with Gasteiger partial charge in [-0.2, -0.15) is 0 Å². The highest BCUT2D eigenvalue weighted by molar-refractivity contribution is 5.78. The van der Waals surface area contributed by atoms with Gasteiger partial charge in [0.1, 0.15) is 0 Å². The minimum absolute atomic E-state index is 0.0673. The van der Waals surface area contributed by atoms with Gasteiger partial charge in [0.25, 0.3) is 0 Å². The van der Waals surface area contributed by atoms with E-state index < -0.39 is 0 Å². The highest BCUT2D eigenvalue weighted by Crippen LogP contribution is 2.20. The SMILES string of the molecule is CC1CN(C)C(C)CC1NCC(=O)NCc1ccccc1. The fraction of sp³-hybridized carbons (Fsp3) is 0.588. The molecule has 0 aliphatic carbocycles. The zero-order valence-corrected chi connectivity index (χ0v) is 13.3. The molecule has 0 radical (unpaired) electrons. The number of nitrogens with zero attached hydrogens (tertiary/aromatic N) is 1. The second-order valence-corrected chi connectivity index (χ2v) is 6.25. The zero-order valence-electron chi connectivity index (χ0n) is 13.3. The molecule has 21 heavy (non-hydrogen) atoms. The summed E-state index contributed by atoms with van der Waals surface area (Å²) < 4.78 is 0. The van der Waals surface area contributed by atoms with Gasteiger partial charge in [0, 0.05) is 25.2 Å². The first kappa shape index (κ1) is 16.0. The van der Waals surface area contributed by atoms with Gasteiger partial charge in [0.2, 0.25) is 5.91 Å². The molecule has 3 unspecified atom stereocenters. The van der Waals surface area contributed by atoms with Crippen molar-refractivity contribution in [2.24, 2.45) is 5.92 Å². The van der Waals surface area contributed by atoms with Crippen molar-refractivity contribution in [3.05, 3.63) is 35.9 Å². The average molecular weight is 289 g/mol. The molecule has 0 bridgehead atoms. The van der Waals surface area contributed by atoms with E-state index in [-0.39, 0.29) is 5.91 Å². The normalized spacial score (nSPS) is 26.5. The van der Waals surface area contributed by atoms with Crippen LogP contribution in [0, 0.1) is 5.92 Å². The maximum absolute atomic E-state index is 11.9. The van der Waals surface area contributed by atoms with Crippen LogP contribution in [0.15, 0.2) is 30.3 Å². The van der Waals surface area contributed by atoms with Gasteiger partial charge in [-0.15, -0.1) is 0 Å². The van der Waals surface area contributed by atoms with Crippen molar-refractivity contribution >= 4 is 5.91 Å². The summed E-state index contributed by atoms with van der Waals surface area (Å²) in [6.07, 6.45) is 1.10. The van der Waals surface area contributed by atoms with E-state index in [2.05, 4.69) is 36.4 Å². The molecule has 3 atom stereocenters. The first-order valence-corrected chi connectivity index (χ1v) is 7.80. The highest BCUT2D eigenvalue weighted by Gasteiger charge is 2.28. The summed E-state index contributed by atoms with van der Waals surface area (Å²) in [5.74, 6) is 0.644. The van der Waals surface area contributed by atoms with E-state index in [4.69, 9.17) is 0 Å². The van der Waals surface area contributed by atoms with Crippen molar-refractivity contribution in [1.29, 1.82) is 0 Å². The maximum atomic E-state index is 11.9. The monoisotopic (exact) mass is 289 g/mol. The topological polar surface area (TPSA) is 44.4 Å². The van der Waals surface area contributed by atoms with Crippen LogP contribution in [0.25, 0.3) is 0 Å². The first-order chi connectivity index (χ1) is 10.1. The van der Waals surface area contributed by atoms with Gasteiger partial charge in [-0.25, -0.2) is 0 Å². The number of rotatable bonds is 5. The lowest BCUT2D eigenvalue weighted by Gasteiger charge is -2.40. The molecule has 0 spiro atoms. The predicted molar refractivity (Wildman–Crippen MR) is 86.0 cm³/mol. The number of amides is 1. The van der Waals surface area contributed by atoms with Crippen molar-refractivity contribution in [3.8, 4) is 0 Å². The number of piperidine rings is 1. The number of benzene rings is 1. The van der Waals surface area contributed by atoms with Gasteiger partial charge in [0.05, 0.1) is 6.54 Å². The third-order valence-corrected chi connectivity index (χ3v) is 4.47. The second-order valence-electron chi connectivity index (χ2n) is 6.25. The Morgan fingerprint density at radius 2 is 2.00 bits per heavy atom. The Labute approximate surface area is 127 Å². The Kier molecular flexibility index (Phi) is 5.76. The zero-order chi connectivity index (χ0) is 15.2. The lowest BCUT2D eigenvalue weighted by atomic mass is 9.90. The van der Waals surface area contributed by atoms with Gasteiger partial charge in [-0.05, 0) is 31.9 Å². The van der Waals surface area contributed by atoms with E-state index in [0.717, 1.165) is 18.5 Å². The Hall–Kier alpha value is -1.39. The van der Waals surface area contributed by atoms with Crippen LogP contribution in [0.5, 0.6) is 0 Å². The molecule has 0 aromatic heterocycles. The summed E-state index contributed by atoms with van der Waals surface area (Å²) >= 11 is 0. The van der Waals surface area contributed by atoms with Crippen LogP contribution in [-0.4, -0.2) is 43.0 Å². The summed E-state index contributed by atoms with van der Waals surface area (Å²) in [7, 11) is 2.17. The van der Waals surface area contributed by atoms with E-state index in [0.29, 0.717) is 31.1 Å². The molecule has 0 saturated carbocycles. The van der Waals surface area contributed by atoms with E-state index >= 15 is 0 Å². The van der Waals surface area contributed by atoms with Crippen LogP contribution in [0.1, 0.15) is 25.8 Å². The number of carbonyl (C=O) groups is 1. The summed E-state index contributed by atoms with van der Waals surface area (Å²) in [6, 6.07) is 11.0. The van der Waals surface area contributed by atoms with Gasteiger partial charge in [-0.1, -0.05) is 37.3 Å². The summed E-state index contributed by atoms with van der Waals surface area (Å²) in [6.45, 7) is 6.58. The molecule has 2 N–H and O–H groups in total. The van der Waals surface area contributed by atoms with Crippen molar-refractivity contribution in [2.75, 3.05) is 20.1 Å². The molecule has 1 aliphatic heterocycles. The fourth-order valence-corrected chi connectivity index (χ4v) is 2.91. The van der Waals surface area contributed by atoms with Crippen molar-refractivity contribution in [3.63, 3.8) is 0 Å². The van der Waals surface area contributed by atoms with E-state index in [1.165, 1.54) is 0 Å². The molecule has 1 aromatic rings. The minimum Gasteiger partial charge on any atom is -0.351 e. The third-order valence-electron chi connectivity index (χ3n) is 4.47. The highest BCUT2D eigenvalue weighted by atomic mass is 16.1. The molecule has 1 aliphatic rings. The van der Waals surface area contributed by atoms with Gasteiger partial charge in [-0.3, -0.25) is 4.79 Å². The molecule has 1 heterocycles. The first-order valence-electron chi connectivity index (χ1n) is 7.80. The fourth-order valence-electron chi connectivity index (χ4n) is 2.91. The molecule has 4 heteroatoms. The standard InChI is InChI=1S/C17H27N3O/c1-13-12-20(3)14(2)9-16(13)18-11-17(21)19-10-15-7-5-4-6-8-15/h4-8,13-14,16,18H,9-12H2,1-3H3,(H,19,21). The van der Waals surface area contributed by atoms with Crippen LogP contribution in [-0.2, 0) is 11.3 Å². The number of nitrogens with one attached hydrogen (secondary N) is 2. The molecule has 1 saturated heterocycles. The molecule has 1 fully saturated rings. The average Bonchev–Trinajstić information content (AvgIpc) is 2.48. The molecule has 2 rings (SSSR count). The maximum Gasteiger partial charge on any atom is 0.234 e. The summed E-state index contributed by atoms with van der Waals surface area (Å²) in [5, 5.41) is 6.38. The summed E-state index contributed by atoms with van der Waals surface area (Å²) in [5.41, 5.74) is 1.13. The van der Waals surface area contributed by atoms with Gasteiger partial charge in [0.15, 0.2) is 0 Å². The Morgan fingerprint density at radius 3 is 2.71 bits per heavy atom.